The van der Waals surface area contributed by atoms with Crippen LogP contribution in [-0.2, 0) is 24.2 Å². The second-order valence-corrected chi connectivity index (χ2v) is 7.87. The van der Waals surface area contributed by atoms with E-state index in [4.69, 9.17) is 9.72 Å². The van der Waals surface area contributed by atoms with Gasteiger partial charge in [0.25, 0.3) is 5.91 Å². The second-order valence-electron chi connectivity index (χ2n) is 7.87. The molecule has 31 heavy (non-hydrogen) atoms. The van der Waals surface area contributed by atoms with E-state index in [1.807, 2.05) is 23.9 Å². The number of fused-ring (bicyclic) bond motifs is 1. The smallest absolute Gasteiger partial charge is 0.253 e. The summed E-state index contributed by atoms with van der Waals surface area (Å²) in [6.07, 6.45) is 6.16. The van der Waals surface area contributed by atoms with E-state index in [-0.39, 0.29) is 5.91 Å². The molecule has 164 valence electrons. The van der Waals surface area contributed by atoms with E-state index in [9.17, 15) is 4.79 Å². The average Bonchev–Trinajstić information content (AvgIpc) is 3.22. The number of carbonyl (C=O) groups is 1. The van der Waals surface area contributed by atoms with Gasteiger partial charge in [0, 0.05) is 55.5 Å². The maximum Gasteiger partial charge on any atom is 0.253 e. The highest BCUT2D eigenvalue weighted by Gasteiger charge is 2.22. The van der Waals surface area contributed by atoms with Gasteiger partial charge in [-0.1, -0.05) is 6.92 Å². The third-order valence-corrected chi connectivity index (χ3v) is 5.78. The molecule has 1 aliphatic heterocycles. The van der Waals surface area contributed by atoms with Crippen LogP contribution in [0, 0.1) is 6.92 Å². The number of nitrogens with one attached hydrogen (secondary N) is 2. The Morgan fingerprint density at radius 1 is 1.23 bits per heavy atom. The average molecular weight is 423 g/mol. The van der Waals surface area contributed by atoms with Gasteiger partial charge in [0.1, 0.15) is 0 Å². The zero-order chi connectivity index (χ0) is 21.8. The van der Waals surface area contributed by atoms with Crippen molar-refractivity contribution in [3.63, 3.8) is 0 Å². The Labute approximate surface area is 182 Å². The molecule has 0 aliphatic carbocycles. The molecule has 4 rings (SSSR count). The van der Waals surface area contributed by atoms with Gasteiger partial charge in [-0.05, 0) is 45.2 Å². The number of carbonyl (C=O) groups excluding carboxylic acids is 1. The van der Waals surface area contributed by atoms with Crippen molar-refractivity contribution in [2.45, 2.75) is 59.2 Å². The summed E-state index contributed by atoms with van der Waals surface area (Å²) in [7, 11) is 0. The number of ether oxygens (including phenoxy) is 1. The molecule has 0 spiro atoms. The zero-order valence-electron chi connectivity index (χ0n) is 18.4. The van der Waals surface area contributed by atoms with Crippen molar-refractivity contribution >= 4 is 22.6 Å². The highest BCUT2D eigenvalue weighted by Crippen LogP contribution is 2.31. The van der Waals surface area contributed by atoms with Crippen LogP contribution in [0.2, 0.25) is 0 Å². The van der Waals surface area contributed by atoms with E-state index >= 15 is 0 Å². The summed E-state index contributed by atoms with van der Waals surface area (Å²) in [5, 5.41) is 12.3. The molecule has 0 atom stereocenters. The van der Waals surface area contributed by atoms with Gasteiger partial charge < -0.3 is 15.4 Å². The molecular formula is C23H30N6O2. The van der Waals surface area contributed by atoms with Gasteiger partial charge in [0.15, 0.2) is 5.65 Å². The summed E-state index contributed by atoms with van der Waals surface area (Å²) >= 11 is 0. The summed E-state index contributed by atoms with van der Waals surface area (Å²) in [5.74, 6) is -0.143. The third kappa shape index (κ3) is 4.54. The first-order valence-electron chi connectivity index (χ1n) is 11.0. The van der Waals surface area contributed by atoms with Crippen LogP contribution in [-0.4, -0.2) is 44.9 Å². The number of anilines is 1. The van der Waals surface area contributed by atoms with E-state index in [0.29, 0.717) is 18.2 Å². The lowest BCUT2D eigenvalue weighted by molar-refractivity contribution is 0.0904. The molecule has 0 unspecified atom stereocenters. The van der Waals surface area contributed by atoms with Gasteiger partial charge in [-0.2, -0.15) is 5.10 Å². The van der Waals surface area contributed by atoms with Crippen LogP contribution in [0.1, 0.15) is 54.0 Å². The van der Waals surface area contributed by atoms with Crippen LogP contribution in [0.3, 0.4) is 0 Å². The van der Waals surface area contributed by atoms with Crippen molar-refractivity contribution in [2.24, 2.45) is 0 Å². The summed E-state index contributed by atoms with van der Waals surface area (Å²) in [4.78, 5) is 21.9. The second kappa shape index (κ2) is 9.43. The summed E-state index contributed by atoms with van der Waals surface area (Å²) in [6, 6.07) is 3.97. The maximum atomic E-state index is 12.7. The van der Waals surface area contributed by atoms with Crippen molar-refractivity contribution in [2.75, 3.05) is 18.5 Å². The van der Waals surface area contributed by atoms with Crippen molar-refractivity contribution in [3.05, 3.63) is 47.0 Å². The fourth-order valence-electron chi connectivity index (χ4n) is 3.97. The van der Waals surface area contributed by atoms with E-state index in [0.717, 1.165) is 72.7 Å². The van der Waals surface area contributed by atoms with Crippen LogP contribution >= 0.6 is 0 Å². The SMILES string of the molecule is CCc1nc2c(cnn2CC)c(NC2CCOCC2)c1CNC(=O)c1ccc(C)nc1. The van der Waals surface area contributed by atoms with E-state index in [2.05, 4.69) is 34.6 Å². The molecule has 0 bridgehead atoms. The first-order chi connectivity index (χ1) is 15.1. The predicted octanol–water partition coefficient (Wildman–Crippen LogP) is 3.24. The van der Waals surface area contributed by atoms with Crippen LogP contribution in [0.25, 0.3) is 11.0 Å². The van der Waals surface area contributed by atoms with Crippen LogP contribution in [0.4, 0.5) is 5.69 Å². The lowest BCUT2D eigenvalue weighted by Crippen LogP contribution is -2.30. The first-order valence-corrected chi connectivity index (χ1v) is 11.0. The number of rotatable bonds is 7. The number of hydrogen-bond acceptors (Lipinski definition) is 6. The molecule has 2 N–H and O–H groups in total. The Kier molecular flexibility index (Phi) is 6.46. The van der Waals surface area contributed by atoms with Gasteiger partial charge in [-0.3, -0.25) is 9.78 Å². The molecule has 0 aromatic carbocycles. The molecule has 1 amide bonds. The van der Waals surface area contributed by atoms with Gasteiger partial charge in [-0.15, -0.1) is 0 Å². The topological polar surface area (TPSA) is 94.0 Å². The summed E-state index contributed by atoms with van der Waals surface area (Å²) in [6.45, 7) is 8.72. The van der Waals surface area contributed by atoms with Gasteiger partial charge in [0.05, 0.1) is 22.8 Å². The zero-order valence-corrected chi connectivity index (χ0v) is 18.4. The highest BCUT2D eigenvalue weighted by molar-refractivity contribution is 5.95. The number of aryl methyl sites for hydroxylation is 3. The molecule has 8 heteroatoms. The fourth-order valence-corrected chi connectivity index (χ4v) is 3.97. The minimum atomic E-state index is -0.143. The van der Waals surface area contributed by atoms with Crippen molar-refractivity contribution in [1.82, 2.24) is 25.1 Å². The molecule has 0 saturated carbocycles. The molecule has 4 heterocycles. The van der Waals surface area contributed by atoms with Gasteiger partial charge in [0.2, 0.25) is 0 Å². The number of nitrogens with zero attached hydrogens (tertiary/aromatic N) is 4. The standard InChI is InChI=1S/C23H30N6O2/c1-4-20-18(13-25-23(30)16-7-6-15(3)24-12-16)21(27-17-8-10-31-11-9-17)19-14-26-29(5-2)22(19)28-20/h6-7,12,14,17H,4-5,8-11,13H2,1-3H3,(H,25,30)(H,27,28). The third-order valence-electron chi connectivity index (χ3n) is 5.78. The number of amides is 1. The monoisotopic (exact) mass is 422 g/mol. The van der Waals surface area contributed by atoms with Crippen molar-refractivity contribution < 1.29 is 9.53 Å². The van der Waals surface area contributed by atoms with Crippen LogP contribution in [0.5, 0.6) is 0 Å². The number of pyridine rings is 2. The van der Waals surface area contributed by atoms with Crippen molar-refractivity contribution in [1.29, 1.82) is 0 Å². The van der Waals surface area contributed by atoms with E-state index in [1.165, 1.54) is 0 Å². The molecule has 1 saturated heterocycles. The quantitative estimate of drug-likeness (QED) is 0.607. The number of hydrogen-bond donors (Lipinski definition) is 2. The molecular weight excluding hydrogens is 392 g/mol. The Bertz CT molecular complexity index is 1050. The van der Waals surface area contributed by atoms with E-state index in [1.54, 1.807) is 12.3 Å². The highest BCUT2D eigenvalue weighted by atomic mass is 16.5. The van der Waals surface area contributed by atoms with Crippen molar-refractivity contribution in [3.8, 4) is 0 Å². The van der Waals surface area contributed by atoms with Crippen LogP contribution in [0.15, 0.2) is 24.5 Å². The Hall–Kier alpha value is -3.00. The van der Waals surface area contributed by atoms with Crippen LogP contribution < -0.4 is 10.6 Å². The first kappa shape index (κ1) is 21.2. The van der Waals surface area contributed by atoms with E-state index < -0.39 is 0 Å². The lowest BCUT2D eigenvalue weighted by atomic mass is 10.0. The Morgan fingerprint density at radius 2 is 2.03 bits per heavy atom. The molecule has 0 radical (unpaired) electrons. The number of aromatic nitrogens is 4. The summed E-state index contributed by atoms with van der Waals surface area (Å²) < 4.78 is 7.45. The molecule has 1 aliphatic rings. The minimum absolute atomic E-state index is 0.143. The molecule has 3 aromatic rings. The largest absolute Gasteiger partial charge is 0.381 e. The molecule has 1 fully saturated rings. The summed E-state index contributed by atoms with van der Waals surface area (Å²) in [5.41, 5.74) is 5.33. The normalized spacial score (nSPS) is 14.7. The molecule has 8 nitrogen and oxygen atoms in total. The van der Waals surface area contributed by atoms with Gasteiger partial charge in [-0.25, -0.2) is 9.67 Å². The van der Waals surface area contributed by atoms with Gasteiger partial charge >= 0.3 is 0 Å². The predicted molar refractivity (Wildman–Crippen MR) is 120 cm³/mol. The lowest BCUT2D eigenvalue weighted by Gasteiger charge is -2.26. The Morgan fingerprint density at radius 3 is 2.71 bits per heavy atom. The minimum Gasteiger partial charge on any atom is -0.381 e. The molecule has 3 aromatic heterocycles. The Balaban J connectivity index is 1.68. The fraction of sp³-hybridized carbons (Fsp3) is 0.478. The maximum absolute atomic E-state index is 12.7.